The third-order valence-electron chi connectivity index (χ3n) is 4.97. The van der Waals surface area contributed by atoms with Crippen LogP contribution in [0.3, 0.4) is 0 Å². The largest absolute Gasteiger partial charge is 0.351 e. The van der Waals surface area contributed by atoms with E-state index in [9.17, 15) is 14.0 Å². The Kier molecular flexibility index (Phi) is 4.78. The highest BCUT2D eigenvalue weighted by molar-refractivity contribution is 6.30. The molecule has 0 bridgehead atoms. The SMILES string of the molecule is O=C1C/C(=C\c2cnn3c(NC4CC4)nc(NCc4ccc(F)c(Cl)c4)nc23)C(=O)N1. The van der Waals surface area contributed by atoms with E-state index in [4.69, 9.17) is 11.6 Å². The molecule has 0 unspecified atom stereocenters. The molecule has 1 saturated heterocycles. The fraction of sp³-hybridized carbons (Fsp3) is 0.250. The van der Waals surface area contributed by atoms with Crippen molar-refractivity contribution in [3.05, 3.63) is 51.9 Å². The second-order valence-electron chi connectivity index (χ2n) is 7.45. The molecule has 2 amide bonds. The van der Waals surface area contributed by atoms with Crippen LogP contribution in [0.2, 0.25) is 5.02 Å². The minimum absolute atomic E-state index is 0.0187. The van der Waals surface area contributed by atoms with Crippen molar-refractivity contribution in [1.29, 1.82) is 0 Å². The van der Waals surface area contributed by atoms with Crippen molar-refractivity contribution in [2.75, 3.05) is 10.6 Å². The molecule has 3 heterocycles. The number of nitrogens with zero attached hydrogens (tertiary/aromatic N) is 4. The Morgan fingerprint density at radius 3 is 2.84 bits per heavy atom. The van der Waals surface area contributed by atoms with Crippen LogP contribution in [0.25, 0.3) is 11.7 Å². The van der Waals surface area contributed by atoms with Crippen LogP contribution in [-0.4, -0.2) is 37.4 Å². The van der Waals surface area contributed by atoms with Crippen molar-refractivity contribution in [2.45, 2.75) is 31.8 Å². The van der Waals surface area contributed by atoms with Gasteiger partial charge in [-0.2, -0.15) is 19.6 Å². The fourth-order valence-electron chi connectivity index (χ4n) is 3.22. The summed E-state index contributed by atoms with van der Waals surface area (Å²) in [7, 11) is 0. The number of nitrogens with one attached hydrogen (secondary N) is 3. The molecular weight excluding hydrogens is 425 g/mol. The van der Waals surface area contributed by atoms with Gasteiger partial charge in [-0.3, -0.25) is 14.9 Å². The summed E-state index contributed by atoms with van der Waals surface area (Å²) in [5.74, 6) is -0.377. The third kappa shape index (κ3) is 4.06. The molecule has 2 fully saturated rings. The maximum Gasteiger partial charge on any atom is 0.254 e. The third-order valence-corrected chi connectivity index (χ3v) is 5.26. The lowest BCUT2D eigenvalue weighted by Gasteiger charge is -2.10. The molecule has 9 nitrogen and oxygen atoms in total. The van der Waals surface area contributed by atoms with E-state index in [1.54, 1.807) is 22.9 Å². The number of hydrogen-bond acceptors (Lipinski definition) is 7. The molecule has 11 heteroatoms. The zero-order chi connectivity index (χ0) is 21.5. The smallest absolute Gasteiger partial charge is 0.254 e. The normalized spacial score (nSPS) is 17.4. The van der Waals surface area contributed by atoms with E-state index in [2.05, 4.69) is 31.0 Å². The lowest BCUT2D eigenvalue weighted by atomic mass is 10.1. The first kappa shape index (κ1) is 19.4. The zero-order valence-electron chi connectivity index (χ0n) is 16.2. The van der Waals surface area contributed by atoms with E-state index in [-0.39, 0.29) is 17.4 Å². The van der Waals surface area contributed by atoms with Gasteiger partial charge in [0.15, 0.2) is 5.65 Å². The van der Waals surface area contributed by atoms with Crippen LogP contribution in [0, 0.1) is 5.82 Å². The van der Waals surface area contributed by atoms with E-state index < -0.39 is 11.7 Å². The first-order valence-electron chi connectivity index (χ1n) is 9.71. The molecule has 1 aliphatic heterocycles. The molecule has 1 aromatic carbocycles. The predicted molar refractivity (Wildman–Crippen MR) is 112 cm³/mol. The summed E-state index contributed by atoms with van der Waals surface area (Å²) < 4.78 is 15.0. The number of amides is 2. The van der Waals surface area contributed by atoms with Crippen molar-refractivity contribution < 1.29 is 14.0 Å². The van der Waals surface area contributed by atoms with Gasteiger partial charge in [0.25, 0.3) is 5.91 Å². The molecule has 3 N–H and O–H groups in total. The van der Waals surface area contributed by atoms with Gasteiger partial charge in [0.2, 0.25) is 17.8 Å². The Bertz CT molecular complexity index is 1250. The van der Waals surface area contributed by atoms with E-state index in [1.807, 2.05) is 0 Å². The molecule has 0 radical (unpaired) electrons. The summed E-state index contributed by atoms with van der Waals surface area (Å²) in [5.41, 5.74) is 2.20. The zero-order valence-corrected chi connectivity index (χ0v) is 16.9. The van der Waals surface area contributed by atoms with Gasteiger partial charge in [-0.25, -0.2) is 4.39 Å². The Labute approximate surface area is 180 Å². The Morgan fingerprint density at radius 1 is 1.29 bits per heavy atom. The predicted octanol–water partition coefficient (Wildman–Crippen LogP) is 2.53. The number of aromatic nitrogens is 4. The Balaban J connectivity index is 1.48. The first-order valence-corrected chi connectivity index (χ1v) is 10.1. The van der Waals surface area contributed by atoms with Crippen LogP contribution in [0.15, 0.2) is 30.0 Å². The van der Waals surface area contributed by atoms with E-state index in [0.717, 1.165) is 18.4 Å². The summed E-state index contributed by atoms with van der Waals surface area (Å²) in [5, 5.41) is 13.1. The average molecular weight is 442 g/mol. The molecule has 2 aliphatic rings. The van der Waals surface area contributed by atoms with Crippen molar-refractivity contribution >= 4 is 47.0 Å². The van der Waals surface area contributed by atoms with E-state index >= 15 is 0 Å². The molecule has 0 atom stereocenters. The average Bonchev–Trinajstić information content (AvgIpc) is 3.37. The van der Waals surface area contributed by atoms with Crippen LogP contribution in [0.4, 0.5) is 16.3 Å². The summed E-state index contributed by atoms with van der Waals surface area (Å²) in [6, 6.07) is 4.79. The van der Waals surface area contributed by atoms with Gasteiger partial charge in [-0.05, 0) is 36.6 Å². The molecule has 5 rings (SSSR count). The maximum atomic E-state index is 13.4. The van der Waals surface area contributed by atoms with Gasteiger partial charge in [0.1, 0.15) is 5.82 Å². The lowest BCUT2D eigenvalue weighted by Crippen LogP contribution is -2.19. The summed E-state index contributed by atoms with van der Waals surface area (Å²) in [6.45, 7) is 0.334. The standard InChI is InChI=1S/C20H17ClFN7O2/c21-14-5-10(1-4-15(14)22)8-23-19-27-17-12(6-11-7-16(30)26-18(11)31)9-24-29(17)20(28-19)25-13-2-3-13/h1,4-6,9,13H,2-3,7-8H2,(H,26,30,31)(H2,23,25,27,28)/b11-6+. The number of carbonyl (C=O) groups is 2. The molecule has 31 heavy (non-hydrogen) atoms. The molecule has 1 saturated carbocycles. The van der Waals surface area contributed by atoms with Crippen LogP contribution < -0.4 is 16.0 Å². The van der Waals surface area contributed by atoms with Crippen molar-refractivity contribution in [1.82, 2.24) is 24.9 Å². The minimum Gasteiger partial charge on any atom is -0.351 e. The van der Waals surface area contributed by atoms with Crippen LogP contribution in [-0.2, 0) is 16.1 Å². The number of fused-ring (bicyclic) bond motifs is 1. The van der Waals surface area contributed by atoms with Gasteiger partial charge >= 0.3 is 0 Å². The van der Waals surface area contributed by atoms with Crippen molar-refractivity contribution in [3.63, 3.8) is 0 Å². The highest BCUT2D eigenvalue weighted by Crippen LogP contribution is 2.26. The lowest BCUT2D eigenvalue weighted by molar-refractivity contribution is -0.124. The molecule has 158 valence electrons. The molecule has 1 aliphatic carbocycles. The monoisotopic (exact) mass is 441 g/mol. The summed E-state index contributed by atoms with van der Waals surface area (Å²) in [6.07, 6.45) is 5.30. The number of imide groups is 1. The van der Waals surface area contributed by atoms with Gasteiger partial charge in [-0.1, -0.05) is 17.7 Å². The molecule has 0 spiro atoms. The number of anilines is 2. The topological polar surface area (TPSA) is 113 Å². The second kappa shape index (κ2) is 7.62. The number of hydrogen-bond donors (Lipinski definition) is 3. The number of benzene rings is 1. The maximum absolute atomic E-state index is 13.4. The molecule has 2 aromatic heterocycles. The van der Waals surface area contributed by atoms with Crippen LogP contribution in [0.5, 0.6) is 0 Å². The Hall–Kier alpha value is -3.53. The van der Waals surface area contributed by atoms with Crippen molar-refractivity contribution in [3.8, 4) is 0 Å². The highest BCUT2D eigenvalue weighted by atomic mass is 35.5. The summed E-state index contributed by atoms with van der Waals surface area (Å²) >= 11 is 5.85. The second-order valence-corrected chi connectivity index (χ2v) is 7.86. The minimum atomic E-state index is -0.481. The number of carbonyl (C=O) groups excluding carboxylic acids is 2. The van der Waals surface area contributed by atoms with Gasteiger partial charge in [0.05, 0.1) is 17.6 Å². The van der Waals surface area contributed by atoms with E-state index in [1.165, 1.54) is 12.1 Å². The first-order chi connectivity index (χ1) is 15.0. The quantitative estimate of drug-likeness (QED) is 0.398. The summed E-state index contributed by atoms with van der Waals surface area (Å²) in [4.78, 5) is 32.5. The Morgan fingerprint density at radius 2 is 2.13 bits per heavy atom. The fourth-order valence-corrected chi connectivity index (χ4v) is 3.42. The van der Waals surface area contributed by atoms with Crippen molar-refractivity contribution in [2.24, 2.45) is 0 Å². The molecular formula is C20H17ClFN7O2. The van der Waals surface area contributed by atoms with Crippen LogP contribution >= 0.6 is 11.6 Å². The number of rotatable bonds is 6. The highest BCUT2D eigenvalue weighted by Gasteiger charge is 2.26. The number of halogens is 2. The van der Waals surface area contributed by atoms with Crippen LogP contribution in [0.1, 0.15) is 30.4 Å². The van der Waals surface area contributed by atoms with Gasteiger partial charge in [-0.15, -0.1) is 0 Å². The van der Waals surface area contributed by atoms with E-state index in [0.29, 0.717) is 41.3 Å². The van der Waals surface area contributed by atoms with Gasteiger partial charge in [0, 0.05) is 23.7 Å². The van der Waals surface area contributed by atoms with Gasteiger partial charge < -0.3 is 10.6 Å². The molecule has 3 aromatic rings.